The fourth-order valence-corrected chi connectivity index (χ4v) is 6.19. The number of nitrogens with one attached hydrogen (secondary N) is 1. The molecule has 0 unspecified atom stereocenters. The average molecular weight is 561 g/mol. The summed E-state index contributed by atoms with van der Waals surface area (Å²) in [6.07, 6.45) is 5.04. The van der Waals surface area contributed by atoms with Crippen molar-refractivity contribution in [2.45, 2.75) is 89.3 Å². The molecule has 3 aliphatic rings. The van der Waals surface area contributed by atoms with E-state index in [9.17, 15) is 24.9 Å². The maximum absolute atomic E-state index is 13.7. The predicted molar refractivity (Wildman–Crippen MR) is 148 cm³/mol. The van der Waals surface area contributed by atoms with Gasteiger partial charge in [0.1, 0.15) is 12.2 Å². The van der Waals surface area contributed by atoms with Crippen LogP contribution in [-0.2, 0) is 20.9 Å². The van der Waals surface area contributed by atoms with Crippen LogP contribution in [0.2, 0.25) is 0 Å². The normalized spacial score (nSPS) is 23.8. The van der Waals surface area contributed by atoms with Crippen LogP contribution in [0.5, 0.6) is 11.5 Å². The van der Waals surface area contributed by atoms with Crippen LogP contribution >= 0.6 is 0 Å². The van der Waals surface area contributed by atoms with Gasteiger partial charge in [-0.25, -0.2) is 0 Å². The van der Waals surface area contributed by atoms with Crippen molar-refractivity contribution in [3.63, 3.8) is 0 Å². The first-order chi connectivity index (χ1) is 19.3. The summed E-state index contributed by atoms with van der Waals surface area (Å²) in [6.45, 7) is 4.35. The molecular formula is C30H44N2O8. The van der Waals surface area contributed by atoms with Gasteiger partial charge in [-0.05, 0) is 62.8 Å². The molecule has 10 nitrogen and oxygen atoms in total. The van der Waals surface area contributed by atoms with Gasteiger partial charge < -0.3 is 39.7 Å². The van der Waals surface area contributed by atoms with E-state index >= 15 is 0 Å². The Hall–Kier alpha value is -2.66. The molecule has 0 spiro atoms. The number of carbonyl (C=O) groups excluding carboxylic acids is 2. The molecule has 222 valence electrons. The molecule has 2 amide bonds. The predicted octanol–water partition coefficient (Wildman–Crippen LogP) is 2.03. The molecule has 4 rings (SSSR count). The fraction of sp³-hybridized carbons (Fsp3) is 0.667. The minimum absolute atomic E-state index is 0.0547. The minimum atomic E-state index is -1.12. The number of amides is 2. The molecule has 1 aromatic carbocycles. The Bertz CT molecular complexity index is 1070. The van der Waals surface area contributed by atoms with Gasteiger partial charge in [0.25, 0.3) is 0 Å². The Balaban J connectivity index is 1.71. The molecule has 1 aromatic rings. The maximum Gasteiger partial charge on any atom is 0.247 e. The van der Waals surface area contributed by atoms with E-state index in [0.29, 0.717) is 60.1 Å². The second-order valence-electron chi connectivity index (χ2n) is 11.2. The average Bonchev–Trinajstić information content (AvgIpc) is 3.60. The van der Waals surface area contributed by atoms with Crippen molar-refractivity contribution in [1.29, 1.82) is 0 Å². The van der Waals surface area contributed by atoms with Gasteiger partial charge in [0.2, 0.25) is 11.8 Å². The Labute approximate surface area is 236 Å². The van der Waals surface area contributed by atoms with Gasteiger partial charge in [0, 0.05) is 37.3 Å². The molecule has 0 radical (unpaired) electrons. The minimum Gasteiger partial charge on any atom is -0.493 e. The summed E-state index contributed by atoms with van der Waals surface area (Å²) in [5.41, 5.74) is 1.57. The van der Waals surface area contributed by atoms with Crippen LogP contribution in [-0.4, -0.2) is 89.8 Å². The molecule has 0 saturated heterocycles. The molecule has 1 saturated carbocycles. The second kappa shape index (κ2) is 13.8. The molecule has 4 N–H and O–H groups in total. The van der Waals surface area contributed by atoms with Crippen molar-refractivity contribution in [2.24, 2.45) is 5.92 Å². The lowest BCUT2D eigenvalue weighted by molar-refractivity contribution is -0.138. The highest BCUT2D eigenvalue weighted by molar-refractivity contribution is 5.96. The van der Waals surface area contributed by atoms with E-state index in [0.717, 1.165) is 25.7 Å². The van der Waals surface area contributed by atoms with Crippen LogP contribution in [0.25, 0.3) is 0 Å². The highest BCUT2D eigenvalue weighted by Crippen LogP contribution is 2.51. The molecule has 2 aliphatic carbocycles. The zero-order chi connectivity index (χ0) is 28.8. The number of rotatable bonds is 13. The number of nitrogens with zero attached hydrogens (tertiary/aromatic N) is 1. The standard InChI is InChI=1S/C30H44N2O8/c1-18(2)39-12-6-10-32(25(35)15-19-7-4-5-8-19)23-16-22(30(37)31-9-11-33)26-21-13-20(17-34)14-24(38-3)28(21)40-29(26)27(23)36/h13-14,16,18-19,23,26-27,29,33-34,36H,4-12,15,17H2,1-3H3,(H,31,37)/t23-,26+,27+,29+/m1/s1. The van der Waals surface area contributed by atoms with Crippen molar-refractivity contribution in [1.82, 2.24) is 10.2 Å². The third-order valence-electron chi connectivity index (χ3n) is 8.11. The van der Waals surface area contributed by atoms with E-state index in [1.54, 1.807) is 23.1 Å². The molecule has 10 heteroatoms. The van der Waals surface area contributed by atoms with Gasteiger partial charge >= 0.3 is 0 Å². The number of methoxy groups -OCH3 is 1. The summed E-state index contributed by atoms with van der Waals surface area (Å²) in [7, 11) is 1.49. The van der Waals surface area contributed by atoms with Crippen LogP contribution in [0.3, 0.4) is 0 Å². The topological polar surface area (TPSA) is 138 Å². The molecule has 40 heavy (non-hydrogen) atoms. The highest BCUT2D eigenvalue weighted by atomic mass is 16.5. The van der Waals surface area contributed by atoms with E-state index in [4.69, 9.17) is 14.2 Å². The van der Waals surface area contributed by atoms with Gasteiger partial charge in [0.05, 0.1) is 38.4 Å². The number of carbonyl (C=O) groups is 2. The van der Waals surface area contributed by atoms with Gasteiger partial charge in [-0.3, -0.25) is 9.59 Å². The van der Waals surface area contributed by atoms with Crippen molar-refractivity contribution in [3.8, 4) is 11.5 Å². The van der Waals surface area contributed by atoms with Crippen LogP contribution < -0.4 is 14.8 Å². The van der Waals surface area contributed by atoms with Crippen molar-refractivity contribution in [3.05, 3.63) is 34.9 Å². The van der Waals surface area contributed by atoms with E-state index < -0.39 is 30.1 Å². The molecule has 1 fully saturated rings. The van der Waals surface area contributed by atoms with Gasteiger partial charge in [-0.15, -0.1) is 0 Å². The quantitative estimate of drug-likeness (QED) is 0.269. The molecule has 0 bridgehead atoms. The maximum atomic E-state index is 13.7. The van der Waals surface area contributed by atoms with Crippen molar-refractivity contribution in [2.75, 3.05) is 33.4 Å². The third-order valence-corrected chi connectivity index (χ3v) is 8.11. The molecule has 1 aliphatic heterocycles. The Morgan fingerprint density at radius 1 is 1.20 bits per heavy atom. The number of benzene rings is 1. The first-order valence-electron chi connectivity index (χ1n) is 14.5. The summed E-state index contributed by atoms with van der Waals surface area (Å²) in [5, 5.41) is 33.7. The largest absolute Gasteiger partial charge is 0.493 e. The van der Waals surface area contributed by atoms with Gasteiger partial charge in [-0.2, -0.15) is 0 Å². The Morgan fingerprint density at radius 3 is 2.60 bits per heavy atom. The molecule has 0 aromatic heterocycles. The lowest BCUT2D eigenvalue weighted by atomic mass is 9.77. The van der Waals surface area contributed by atoms with E-state index in [1.165, 1.54) is 7.11 Å². The fourth-order valence-electron chi connectivity index (χ4n) is 6.19. The third kappa shape index (κ3) is 6.62. The Kier molecular flexibility index (Phi) is 10.5. The monoisotopic (exact) mass is 560 g/mol. The summed E-state index contributed by atoms with van der Waals surface area (Å²) >= 11 is 0. The SMILES string of the molecule is COc1cc(CO)cc2c1O[C@@H]1[C@@H](O)[C@H](N(CCCOC(C)C)C(=O)CC3CCCC3)C=C(C(=O)NCCO)[C@H]21. The summed E-state index contributed by atoms with van der Waals surface area (Å²) in [4.78, 5) is 28.9. The lowest BCUT2D eigenvalue weighted by Gasteiger charge is -2.41. The van der Waals surface area contributed by atoms with E-state index in [1.807, 2.05) is 13.8 Å². The van der Waals surface area contributed by atoms with Crippen LogP contribution in [0.15, 0.2) is 23.8 Å². The summed E-state index contributed by atoms with van der Waals surface area (Å²) in [6, 6.07) is 2.64. The van der Waals surface area contributed by atoms with Gasteiger partial charge in [0.15, 0.2) is 11.5 Å². The number of aliphatic hydroxyl groups is 3. The van der Waals surface area contributed by atoms with Crippen LogP contribution in [0, 0.1) is 5.92 Å². The Morgan fingerprint density at radius 2 is 1.95 bits per heavy atom. The summed E-state index contributed by atoms with van der Waals surface area (Å²) < 4.78 is 17.5. The van der Waals surface area contributed by atoms with E-state index in [2.05, 4.69) is 5.32 Å². The zero-order valence-electron chi connectivity index (χ0n) is 23.8. The smallest absolute Gasteiger partial charge is 0.247 e. The molecular weight excluding hydrogens is 516 g/mol. The molecule has 1 heterocycles. The van der Waals surface area contributed by atoms with Crippen LogP contribution in [0.1, 0.15) is 69.4 Å². The lowest BCUT2D eigenvalue weighted by Crippen LogP contribution is -2.56. The number of fused-ring (bicyclic) bond motifs is 3. The number of hydrogen-bond acceptors (Lipinski definition) is 8. The number of aliphatic hydroxyl groups excluding tert-OH is 3. The van der Waals surface area contributed by atoms with Crippen LogP contribution in [0.4, 0.5) is 0 Å². The number of ether oxygens (including phenoxy) is 3. The zero-order valence-corrected chi connectivity index (χ0v) is 23.8. The number of hydrogen-bond donors (Lipinski definition) is 4. The first-order valence-corrected chi connectivity index (χ1v) is 14.5. The highest BCUT2D eigenvalue weighted by Gasteiger charge is 2.51. The molecule has 4 atom stereocenters. The first kappa shape index (κ1) is 30.3. The van der Waals surface area contributed by atoms with Gasteiger partial charge in [-0.1, -0.05) is 12.8 Å². The summed E-state index contributed by atoms with van der Waals surface area (Å²) in [5.74, 6) is 0.0218. The van der Waals surface area contributed by atoms with Crippen molar-refractivity contribution >= 4 is 11.8 Å². The van der Waals surface area contributed by atoms with Crippen molar-refractivity contribution < 1.29 is 39.1 Å². The second-order valence-corrected chi connectivity index (χ2v) is 11.2. The van der Waals surface area contributed by atoms with E-state index in [-0.39, 0.29) is 31.8 Å².